The predicted molar refractivity (Wildman–Crippen MR) is 101 cm³/mol. The van der Waals surface area contributed by atoms with E-state index >= 15 is 0 Å². The molecule has 2 aliphatic rings. The molecule has 6 heteroatoms. The molecule has 1 aromatic heterocycles. The smallest absolute Gasteiger partial charge is 0.253 e. The fourth-order valence-corrected chi connectivity index (χ4v) is 3.98. The topological polar surface area (TPSA) is 65.5 Å². The van der Waals surface area contributed by atoms with Crippen LogP contribution in [0.3, 0.4) is 0 Å². The van der Waals surface area contributed by atoms with E-state index in [1.165, 1.54) is 12.8 Å². The van der Waals surface area contributed by atoms with Crippen molar-refractivity contribution in [3.05, 3.63) is 30.1 Å². The predicted octanol–water partition coefficient (Wildman–Crippen LogP) is 2.07. The minimum atomic E-state index is 0.0847. The van der Waals surface area contributed by atoms with Crippen LogP contribution >= 0.6 is 0 Å². The second-order valence-electron chi connectivity index (χ2n) is 7.33. The zero-order valence-electron chi connectivity index (χ0n) is 15.5. The van der Waals surface area contributed by atoms with E-state index in [0.717, 1.165) is 51.9 Å². The van der Waals surface area contributed by atoms with Gasteiger partial charge in [0.25, 0.3) is 5.91 Å². The number of rotatable bonds is 1. The molecule has 3 rings (SSSR count). The summed E-state index contributed by atoms with van der Waals surface area (Å²) in [5.74, 6) is 0.257. The van der Waals surface area contributed by atoms with Crippen LogP contribution < -0.4 is 5.32 Å². The second kappa shape index (κ2) is 9.67. The highest BCUT2D eigenvalue weighted by Crippen LogP contribution is 2.20. The van der Waals surface area contributed by atoms with Gasteiger partial charge in [0.1, 0.15) is 0 Å². The van der Waals surface area contributed by atoms with Crippen molar-refractivity contribution in [1.29, 1.82) is 0 Å². The molecule has 0 bridgehead atoms. The van der Waals surface area contributed by atoms with Crippen molar-refractivity contribution in [1.82, 2.24) is 20.1 Å². The zero-order valence-corrected chi connectivity index (χ0v) is 15.5. The molecule has 1 aromatic rings. The SMILES string of the molecule is O=C1CC2CCCCN2CCCN(C(=O)c2ccncc2)CCCCN1. The molecule has 1 N–H and O–H groups in total. The zero-order chi connectivity index (χ0) is 18.2. The minimum absolute atomic E-state index is 0.0847. The Morgan fingerprint density at radius 2 is 1.73 bits per heavy atom. The normalized spacial score (nSPS) is 23.8. The van der Waals surface area contributed by atoms with Crippen molar-refractivity contribution < 1.29 is 9.59 Å². The average Bonchev–Trinajstić information content (AvgIpc) is 2.68. The molecule has 2 fully saturated rings. The van der Waals surface area contributed by atoms with Crippen LogP contribution in [-0.4, -0.2) is 65.4 Å². The summed E-state index contributed by atoms with van der Waals surface area (Å²) < 4.78 is 0. The van der Waals surface area contributed by atoms with Crippen LogP contribution in [0, 0.1) is 0 Å². The van der Waals surface area contributed by atoms with Crippen LogP contribution in [0.15, 0.2) is 24.5 Å². The Morgan fingerprint density at radius 1 is 1.00 bits per heavy atom. The van der Waals surface area contributed by atoms with Gasteiger partial charge in [0.2, 0.25) is 5.91 Å². The first-order valence-electron chi connectivity index (χ1n) is 9.94. The number of carbonyl (C=O) groups is 2. The largest absolute Gasteiger partial charge is 0.356 e. The lowest BCUT2D eigenvalue weighted by molar-refractivity contribution is -0.122. The number of aromatic nitrogens is 1. The first kappa shape index (κ1) is 18.8. The van der Waals surface area contributed by atoms with Crippen molar-refractivity contribution in [2.75, 3.05) is 32.7 Å². The number of hydrogen-bond donors (Lipinski definition) is 1. The van der Waals surface area contributed by atoms with E-state index in [1.54, 1.807) is 24.5 Å². The third-order valence-electron chi connectivity index (χ3n) is 5.43. The number of nitrogens with zero attached hydrogens (tertiary/aromatic N) is 3. The maximum absolute atomic E-state index is 12.8. The fraction of sp³-hybridized carbons (Fsp3) is 0.650. The number of nitrogens with one attached hydrogen (secondary N) is 1. The molecular formula is C20H30N4O2. The van der Waals surface area contributed by atoms with E-state index in [4.69, 9.17) is 0 Å². The van der Waals surface area contributed by atoms with E-state index in [-0.39, 0.29) is 11.8 Å². The Kier molecular flexibility index (Phi) is 7.00. The van der Waals surface area contributed by atoms with Gasteiger partial charge in [-0.3, -0.25) is 19.5 Å². The van der Waals surface area contributed by atoms with Gasteiger partial charge in [-0.25, -0.2) is 0 Å². The van der Waals surface area contributed by atoms with E-state index in [0.29, 0.717) is 24.6 Å². The third-order valence-corrected chi connectivity index (χ3v) is 5.43. The van der Waals surface area contributed by atoms with Gasteiger partial charge in [0, 0.05) is 56.6 Å². The molecule has 0 aliphatic carbocycles. The summed E-state index contributed by atoms with van der Waals surface area (Å²) >= 11 is 0. The maximum atomic E-state index is 12.8. The van der Waals surface area contributed by atoms with E-state index in [1.807, 2.05) is 4.90 Å². The Bertz CT molecular complexity index is 593. The maximum Gasteiger partial charge on any atom is 0.253 e. The lowest BCUT2D eigenvalue weighted by Crippen LogP contribution is -2.44. The van der Waals surface area contributed by atoms with Gasteiger partial charge in [0.15, 0.2) is 0 Å². The van der Waals surface area contributed by atoms with Gasteiger partial charge in [0.05, 0.1) is 0 Å². The van der Waals surface area contributed by atoms with Gasteiger partial charge in [-0.2, -0.15) is 0 Å². The molecule has 2 saturated heterocycles. The van der Waals surface area contributed by atoms with Gasteiger partial charge >= 0.3 is 0 Å². The summed E-state index contributed by atoms with van der Waals surface area (Å²) in [4.78, 5) is 33.4. The van der Waals surface area contributed by atoms with Crippen molar-refractivity contribution in [3.63, 3.8) is 0 Å². The molecular weight excluding hydrogens is 328 g/mol. The summed E-state index contributed by atoms with van der Waals surface area (Å²) in [7, 11) is 0. The Balaban J connectivity index is 1.65. The van der Waals surface area contributed by atoms with Crippen LogP contribution in [0.25, 0.3) is 0 Å². The number of fused-ring (bicyclic) bond motifs is 1. The van der Waals surface area contributed by atoms with Crippen LogP contribution in [0.2, 0.25) is 0 Å². The minimum Gasteiger partial charge on any atom is -0.356 e. The molecule has 142 valence electrons. The highest BCUT2D eigenvalue weighted by Gasteiger charge is 2.25. The summed E-state index contributed by atoms with van der Waals surface area (Å²) in [6, 6.07) is 3.92. The van der Waals surface area contributed by atoms with Crippen LogP contribution in [0.1, 0.15) is 55.3 Å². The van der Waals surface area contributed by atoms with E-state index < -0.39 is 0 Å². The van der Waals surface area contributed by atoms with Crippen LogP contribution in [-0.2, 0) is 4.79 Å². The van der Waals surface area contributed by atoms with Gasteiger partial charge in [-0.05, 0) is 50.8 Å². The molecule has 2 amide bonds. The number of piperidine rings is 1. The molecule has 1 unspecified atom stereocenters. The monoisotopic (exact) mass is 358 g/mol. The van der Waals surface area contributed by atoms with Crippen LogP contribution in [0.4, 0.5) is 0 Å². The molecule has 0 saturated carbocycles. The molecule has 6 nitrogen and oxygen atoms in total. The molecule has 26 heavy (non-hydrogen) atoms. The number of pyridine rings is 1. The van der Waals surface area contributed by atoms with Crippen molar-refractivity contribution in [2.24, 2.45) is 0 Å². The molecule has 0 spiro atoms. The Labute approximate surface area is 156 Å². The average molecular weight is 358 g/mol. The first-order chi connectivity index (χ1) is 12.7. The standard InChI is InChI=1S/C20H30N4O2/c25-19-16-18-6-1-3-12-23(18)14-5-15-24(13-4-2-9-22-19)20(26)17-7-10-21-11-8-17/h7-8,10-11,18H,1-6,9,12-16H2,(H,22,25). The van der Waals surface area contributed by atoms with Gasteiger partial charge < -0.3 is 10.2 Å². The van der Waals surface area contributed by atoms with Gasteiger partial charge in [-0.15, -0.1) is 0 Å². The number of carbonyl (C=O) groups excluding carboxylic acids is 2. The molecule has 2 aliphatic heterocycles. The lowest BCUT2D eigenvalue weighted by atomic mass is 9.98. The summed E-state index contributed by atoms with van der Waals surface area (Å²) in [6.45, 7) is 4.23. The van der Waals surface area contributed by atoms with E-state index in [9.17, 15) is 9.59 Å². The van der Waals surface area contributed by atoms with Crippen molar-refractivity contribution in [2.45, 2.75) is 51.0 Å². The fourth-order valence-electron chi connectivity index (χ4n) is 3.98. The van der Waals surface area contributed by atoms with E-state index in [2.05, 4.69) is 15.2 Å². The molecule has 0 aromatic carbocycles. The van der Waals surface area contributed by atoms with Gasteiger partial charge in [-0.1, -0.05) is 6.42 Å². The highest BCUT2D eigenvalue weighted by atomic mass is 16.2. The summed E-state index contributed by atoms with van der Waals surface area (Å²) in [5.41, 5.74) is 0.702. The van der Waals surface area contributed by atoms with Crippen LogP contribution in [0.5, 0.6) is 0 Å². The van der Waals surface area contributed by atoms with Crippen molar-refractivity contribution >= 4 is 11.8 Å². The summed E-state index contributed by atoms with van der Waals surface area (Å²) in [5, 5.41) is 3.05. The number of amides is 2. The summed E-state index contributed by atoms with van der Waals surface area (Å²) in [6.07, 6.45) is 10.2. The lowest BCUT2D eigenvalue weighted by Gasteiger charge is -2.35. The molecule has 1 atom stereocenters. The highest BCUT2D eigenvalue weighted by molar-refractivity contribution is 5.94. The Hall–Kier alpha value is -1.95. The van der Waals surface area contributed by atoms with Crippen molar-refractivity contribution in [3.8, 4) is 0 Å². The quantitative estimate of drug-likeness (QED) is 0.835. The Morgan fingerprint density at radius 3 is 2.58 bits per heavy atom. The second-order valence-corrected chi connectivity index (χ2v) is 7.33. The first-order valence-corrected chi connectivity index (χ1v) is 9.94. The molecule has 3 heterocycles. The molecule has 0 radical (unpaired) electrons. The number of hydrogen-bond acceptors (Lipinski definition) is 4. The third kappa shape index (κ3) is 5.27.